The third kappa shape index (κ3) is 5.03. The maximum Gasteiger partial charge on any atom is 0.326 e. The van der Waals surface area contributed by atoms with Crippen molar-refractivity contribution in [2.75, 3.05) is 26.3 Å². The molecule has 2 rings (SSSR count). The standard InChI is InChI=1S/C17H24N2O6S/c1-12(2)10-15(17(21)22)18-16(20)13-4-3-5-14(11-13)26(23,24)19-6-8-25-9-7-19/h3-5,11-12,15H,6-10H2,1-2H3,(H,18,20)(H,21,22)/t15-/m1/s1. The Morgan fingerprint density at radius 1 is 1.27 bits per heavy atom. The number of nitrogens with one attached hydrogen (secondary N) is 1. The molecule has 1 aromatic carbocycles. The van der Waals surface area contributed by atoms with Crippen molar-refractivity contribution >= 4 is 21.9 Å². The predicted octanol–water partition coefficient (Wildman–Crippen LogP) is 0.937. The van der Waals surface area contributed by atoms with Gasteiger partial charge < -0.3 is 15.2 Å². The minimum atomic E-state index is -3.72. The molecular weight excluding hydrogens is 360 g/mol. The van der Waals surface area contributed by atoms with Gasteiger partial charge in [0.25, 0.3) is 5.91 Å². The fourth-order valence-corrected chi connectivity index (χ4v) is 4.12. The van der Waals surface area contributed by atoms with Crippen LogP contribution >= 0.6 is 0 Å². The molecule has 1 aliphatic heterocycles. The number of morpholine rings is 1. The van der Waals surface area contributed by atoms with E-state index >= 15 is 0 Å². The number of carboxylic acid groups (broad SMARTS) is 1. The van der Waals surface area contributed by atoms with E-state index in [9.17, 15) is 23.1 Å². The third-order valence-electron chi connectivity index (χ3n) is 4.01. The van der Waals surface area contributed by atoms with Crippen molar-refractivity contribution in [3.8, 4) is 0 Å². The molecule has 1 amide bonds. The Balaban J connectivity index is 2.19. The molecule has 8 nitrogen and oxygen atoms in total. The van der Waals surface area contributed by atoms with Crippen LogP contribution in [0.4, 0.5) is 0 Å². The number of carboxylic acids is 1. The van der Waals surface area contributed by atoms with Crippen molar-refractivity contribution in [3.05, 3.63) is 29.8 Å². The summed E-state index contributed by atoms with van der Waals surface area (Å²) in [5, 5.41) is 11.7. The molecule has 0 aromatic heterocycles. The molecular formula is C17H24N2O6S. The molecule has 0 aliphatic carbocycles. The van der Waals surface area contributed by atoms with Gasteiger partial charge in [-0.15, -0.1) is 0 Å². The van der Waals surface area contributed by atoms with Gasteiger partial charge >= 0.3 is 5.97 Å². The number of ether oxygens (including phenoxy) is 1. The minimum Gasteiger partial charge on any atom is -0.480 e. The highest BCUT2D eigenvalue weighted by molar-refractivity contribution is 7.89. The monoisotopic (exact) mass is 384 g/mol. The van der Waals surface area contributed by atoms with Crippen molar-refractivity contribution in [2.24, 2.45) is 5.92 Å². The zero-order valence-corrected chi connectivity index (χ0v) is 15.7. The van der Waals surface area contributed by atoms with E-state index in [0.717, 1.165) is 0 Å². The first-order chi connectivity index (χ1) is 12.2. The zero-order chi connectivity index (χ0) is 19.3. The van der Waals surface area contributed by atoms with E-state index in [1.165, 1.54) is 28.6 Å². The van der Waals surface area contributed by atoms with Crippen LogP contribution in [-0.2, 0) is 19.6 Å². The molecule has 0 radical (unpaired) electrons. The van der Waals surface area contributed by atoms with E-state index in [1.54, 1.807) is 0 Å². The smallest absolute Gasteiger partial charge is 0.326 e. The minimum absolute atomic E-state index is 0.00258. The highest BCUT2D eigenvalue weighted by Gasteiger charge is 2.27. The molecule has 1 atom stereocenters. The molecule has 1 aromatic rings. The van der Waals surface area contributed by atoms with Crippen molar-refractivity contribution < 1.29 is 27.9 Å². The second-order valence-corrected chi connectivity index (χ2v) is 8.48. The number of carbonyl (C=O) groups is 2. The number of benzene rings is 1. The highest BCUT2D eigenvalue weighted by atomic mass is 32.2. The van der Waals surface area contributed by atoms with Gasteiger partial charge in [0, 0.05) is 18.7 Å². The Kier molecular flexibility index (Phi) is 6.74. The highest BCUT2D eigenvalue weighted by Crippen LogP contribution is 2.18. The maximum absolute atomic E-state index is 12.7. The van der Waals surface area contributed by atoms with Gasteiger partial charge in [-0.3, -0.25) is 4.79 Å². The average molecular weight is 384 g/mol. The van der Waals surface area contributed by atoms with E-state index < -0.39 is 27.9 Å². The summed E-state index contributed by atoms with van der Waals surface area (Å²) in [5.41, 5.74) is 0.106. The first kappa shape index (κ1) is 20.3. The number of aliphatic carboxylic acids is 1. The summed E-state index contributed by atoms with van der Waals surface area (Å²) in [6.45, 7) is 4.89. The number of rotatable bonds is 7. The average Bonchev–Trinajstić information content (AvgIpc) is 2.61. The SMILES string of the molecule is CC(C)C[C@@H](NC(=O)c1cccc(S(=O)(=O)N2CCOCC2)c1)C(=O)O. The first-order valence-corrected chi connectivity index (χ1v) is 9.87. The first-order valence-electron chi connectivity index (χ1n) is 8.43. The maximum atomic E-state index is 12.7. The number of hydrogen-bond donors (Lipinski definition) is 2. The van der Waals surface area contributed by atoms with Crippen LogP contribution < -0.4 is 5.32 Å². The van der Waals surface area contributed by atoms with E-state index in [-0.39, 0.29) is 35.9 Å². The van der Waals surface area contributed by atoms with Crippen LogP contribution in [0.15, 0.2) is 29.2 Å². The van der Waals surface area contributed by atoms with E-state index in [0.29, 0.717) is 13.2 Å². The molecule has 9 heteroatoms. The molecule has 144 valence electrons. The van der Waals surface area contributed by atoms with Gasteiger partial charge in [0.15, 0.2) is 0 Å². The third-order valence-corrected chi connectivity index (χ3v) is 5.91. The van der Waals surface area contributed by atoms with Crippen molar-refractivity contribution in [2.45, 2.75) is 31.2 Å². The lowest BCUT2D eigenvalue weighted by Crippen LogP contribution is -2.42. The van der Waals surface area contributed by atoms with Gasteiger partial charge in [0.1, 0.15) is 6.04 Å². The lowest BCUT2D eigenvalue weighted by Gasteiger charge is -2.26. The summed E-state index contributed by atoms with van der Waals surface area (Å²) in [4.78, 5) is 23.7. The summed E-state index contributed by atoms with van der Waals surface area (Å²) < 4.78 is 31.8. The quantitative estimate of drug-likeness (QED) is 0.723. The topological polar surface area (TPSA) is 113 Å². The van der Waals surface area contributed by atoms with Gasteiger partial charge in [0.05, 0.1) is 18.1 Å². The summed E-state index contributed by atoms with van der Waals surface area (Å²) in [5.74, 6) is -1.65. The molecule has 2 N–H and O–H groups in total. The number of hydrogen-bond acceptors (Lipinski definition) is 5. The molecule has 1 heterocycles. The van der Waals surface area contributed by atoms with Gasteiger partial charge in [-0.25, -0.2) is 13.2 Å². The Morgan fingerprint density at radius 2 is 1.92 bits per heavy atom. The van der Waals surface area contributed by atoms with Crippen LogP contribution in [0.5, 0.6) is 0 Å². The van der Waals surface area contributed by atoms with Crippen LogP contribution in [0.2, 0.25) is 0 Å². The van der Waals surface area contributed by atoms with Crippen LogP contribution in [0.1, 0.15) is 30.6 Å². The molecule has 0 saturated carbocycles. The molecule has 1 saturated heterocycles. The predicted molar refractivity (Wildman–Crippen MR) is 94.4 cm³/mol. The summed E-state index contributed by atoms with van der Waals surface area (Å²) >= 11 is 0. The lowest BCUT2D eigenvalue weighted by atomic mass is 10.0. The summed E-state index contributed by atoms with van der Waals surface area (Å²) in [6, 6.07) is 4.60. The van der Waals surface area contributed by atoms with Crippen molar-refractivity contribution in [1.82, 2.24) is 9.62 Å². The fraction of sp³-hybridized carbons (Fsp3) is 0.529. The second kappa shape index (κ2) is 8.61. The van der Waals surface area contributed by atoms with Gasteiger partial charge in [-0.05, 0) is 30.5 Å². The van der Waals surface area contributed by atoms with Crippen molar-refractivity contribution in [1.29, 1.82) is 0 Å². The van der Waals surface area contributed by atoms with E-state index in [1.807, 2.05) is 13.8 Å². The Labute approximate surface area is 153 Å². The van der Waals surface area contributed by atoms with E-state index in [2.05, 4.69) is 5.32 Å². The van der Waals surface area contributed by atoms with Crippen LogP contribution in [0.3, 0.4) is 0 Å². The molecule has 0 unspecified atom stereocenters. The number of nitrogens with zero attached hydrogens (tertiary/aromatic N) is 1. The Morgan fingerprint density at radius 3 is 2.50 bits per heavy atom. The Bertz CT molecular complexity index is 756. The van der Waals surface area contributed by atoms with Crippen molar-refractivity contribution in [3.63, 3.8) is 0 Å². The molecule has 0 bridgehead atoms. The van der Waals surface area contributed by atoms with E-state index in [4.69, 9.17) is 4.74 Å². The molecule has 0 spiro atoms. The van der Waals surface area contributed by atoms with Crippen LogP contribution in [0.25, 0.3) is 0 Å². The lowest BCUT2D eigenvalue weighted by molar-refractivity contribution is -0.139. The number of amides is 1. The second-order valence-electron chi connectivity index (χ2n) is 6.54. The van der Waals surface area contributed by atoms with Gasteiger partial charge in [-0.2, -0.15) is 4.31 Å². The zero-order valence-electron chi connectivity index (χ0n) is 14.8. The normalized spacial score (nSPS) is 17.0. The molecule has 1 fully saturated rings. The van der Waals surface area contributed by atoms with Gasteiger partial charge in [0.2, 0.25) is 10.0 Å². The summed E-state index contributed by atoms with van der Waals surface area (Å²) in [6.07, 6.45) is 0.285. The number of carbonyl (C=O) groups excluding carboxylic acids is 1. The largest absolute Gasteiger partial charge is 0.480 e. The fourth-order valence-electron chi connectivity index (χ4n) is 2.67. The van der Waals surface area contributed by atoms with Crippen LogP contribution in [0, 0.1) is 5.92 Å². The number of sulfonamides is 1. The molecule has 26 heavy (non-hydrogen) atoms. The Hall–Kier alpha value is -1.97. The van der Waals surface area contributed by atoms with Gasteiger partial charge in [-0.1, -0.05) is 19.9 Å². The summed E-state index contributed by atoms with van der Waals surface area (Å²) in [7, 11) is -3.72. The van der Waals surface area contributed by atoms with Crippen LogP contribution in [-0.4, -0.2) is 62.1 Å². The molecule has 1 aliphatic rings.